The SMILES string of the molecule is c1ccc(C2CNC(CN3CCCC3)c3ccccc32)cc1. The van der Waals surface area contributed by atoms with Gasteiger partial charge in [-0.25, -0.2) is 0 Å². The quantitative estimate of drug-likeness (QED) is 0.930. The highest BCUT2D eigenvalue weighted by Crippen LogP contribution is 2.34. The Labute approximate surface area is 133 Å². The lowest BCUT2D eigenvalue weighted by Gasteiger charge is -2.35. The van der Waals surface area contributed by atoms with Crippen LogP contribution < -0.4 is 5.32 Å². The van der Waals surface area contributed by atoms with Crippen molar-refractivity contribution in [1.82, 2.24) is 10.2 Å². The molecule has 2 nitrogen and oxygen atoms in total. The monoisotopic (exact) mass is 292 g/mol. The molecule has 0 amide bonds. The van der Waals surface area contributed by atoms with E-state index >= 15 is 0 Å². The summed E-state index contributed by atoms with van der Waals surface area (Å²) in [7, 11) is 0. The van der Waals surface area contributed by atoms with Crippen LogP contribution in [0.1, 0.15) is 41.5 Å². The zero-order valence-corrected chi connectivity index (χ0v) is 13.0. The maximum absolute atomic E-state index is 3.81. The van der Waals surface area contributed by atoms with Crippen molar-refractivity contribution in [3.8, 4) is 0 Å². The first-order chi connectivity index (χ1) is 10.9. The van der Waals surface area contributed by atoms with Gasteiger partial charge in [0.15, 0.2) is 0 Å². The molecule has 2 aliphatic heterocycles. The van der Waals surface area contributed by atoms with Crippen molar-refractivity contribution in [3.05, 3.63) is 71.3 Å². The zero-order chi connectivity index (χ0) is 14.8. The Kier molecular flexibility index (Phi) is 3.96. The molecule has 1 fully saturated rings. The summed E-state index contributed by atoms with van der Waals surface area (Å²) in [6.07, 6.45) is 2.72. The second kappa shape index (κ2) is 6.23. The van der Waals surface area contributed by atoms with Crippen LogP contribution in [0.5, 0.6) is 0 Å². The number of hydrogen-bond donors (Lipinski definition) is 1. The van der Waals surface area contributed by atoms with Gasteiger partial charge in [-0.05, 0) is 42.6 Å². The molecular weight excluding hydrogens is 268 g/mol. The first-order valence-electron chi connectivity index (χ1n) is 8.51. The van der Waals surface area contributed by atoms with Crippen LogP contribution in [0.25, 0.3) is 0 Å². The van der Waals surface area contributed by atoms with Crippen molar-refractivity contribution in [3.63, 3.8) is 0 Å². The van der Waals surface area contributed by atoms with Crippen molar-refractivity contribution >= 4 is 0 Å². The van der Waals surface area contributed by atoms with E-state index in [-0.39, 0.29) is 0 Å². The highest BCUT2D eigenvalue weighted by Gasteiger charge is 2.29. The summed E-state index contributed by atoms with van der Waals surface area (Å²) in [5, 5.41) is 3.81. The van der Waals surface area contributed by atoms with E-state index in [4.69, 9.17) is 0 Å². The molecule has 1 N–H and O–H groups in total. The molecule has 0 spiro atoms. The number of fused-ring (bicyclic) bond motifs is 1. The van der Waals surface area contributed by atoms with Crippen LogP contribution in [0, 0.1) is 0 Å². The summed E-state index contributed by atoms with van der Waals surface area (Å²) < 4.78 is 0. The van der Waals surface area contributed by atoms with Gasteiger partial charge >= 0.3 is 0 Å². The van der Waals surface area contributed by atoms with Crippen molar-refractivity contribution < 1.29 is 0 Å². The maximum Gasteiger partial charge on any atom is 0.0452 e. The van der Waals surface area contributed by atoms with E-state index < -0.39 is 0 Å². The average Bonchev–Trinajstić information content (AvgIpc) is 3.09. The summed E-state index contributed by atoms with van der Waals surface area (Å²) in [6.45, 7) is 4.73. The van der Waals surface area contributed by atoms with Gasteiger partial charge in [0, 0.05) is 25.0 Å². The van der Waals surface area contributed by atoms with E-state index in [1.165, 1.54) is 42.6 Å². The fraction of sp³-hybridized carbons (Fsp3) is 0.400. The summed E-state index contributed by atoms with van der Waals surface area (Å²) >= 11 is 0. The van der Waals surface area contributed by atoms with Gasteiger partial charge in [-0.2, -0.15) is 0 Å². The van der Waals surface area contributed by atoms with Crippen LogP contribution in [0.15, 0.2) is 54.6 Å². The van der Waals surface area contributed by atoms with Gasteiger partial charge in [0.05, 0.1) is 0 Å². The summed E-state index contributed by atoms with van der Waals surface area (Å²) in [4.78, 5) is 2.61. The minimum atomic E-state index is 0.479. The van der Waals surface area contributed by atoms with E-state index in [2.05, 4.69) is 64.8 Å². The van der Waals surface area contributed by atoms with Gasteiger partial charge in [-0.3, -0.25) is 0 Å². The fourth-order valence-corrected chi connectivity index (χ4v) is 3.99. The lowest BCUT2D eigenvalue weighted by atomic mass is 9.82. The Balaban J connectivity index is 1.63. The molecular formula is C20H24N2. The van der Waals surface area contributed by atoms with E-state index in [0.29, 0.717) is 12.0 Å². The van der Waals surface area contributed by atoms with Crippen molar-refractivity contribution in [2.75, 3.05) is 26.2 Å². The van der Waals surface area contributed by atoms with Gasteiger partial charge < -0.3 is 10.2 Å². The Morgan fingerprint density at radius 2 is 1.55 bits per heavy atom. The molecule has 4 rings (SSSR count). The molecule has 1 saturated heterocycles. The molecule has 2 heterocycles. The predicted octanol–water partition coefficient (Wildman–Crippen LogP) is 3.56. The molecule has 2 aromatic carbocycles. The fourth-order valence-electron chi connectivity index (χ4n) is 3.99. The van der Waals surface area contributed by atoms with Crippen LogP contribution in [0.3, 0.4) is 0 Å². The van der Waals surface area contributed by atoms with Gasteiger partial charge in [-0.1, -0.05) is 54.6 Å². The van der Waals surface area contributed by atoms with Crippen LogP contribution in [0.4, 0.5) is 0 Å². The number of nitrogens with one attached hydrogen (secondary N) is 1. The smallest absolute Gasteiger partial charge is 0.0452 e. The third kappa shape index (κ3) is 2.69. The summed E-state index contributed by atoms with van der Waals surface area (Å²) in [5.41, 5.74) is 4.42. The Morgan fingerprint density at radius 1 is 0.864 bits per heavy atom. The summed E-state index contributed by atoms with van der Waals surface area (Å²) in [5.74, 6) is 0.479. The first-order valence-corrected chi connectivity index (χ1v) is 8.51. The molecule has 2 atom stereocenters. The Morgan fingerprint density at radius 3 is 2.32 bits per heavy atom. The summed E-state index contributed by atoms with van der Waals surface area (Å²) in [6, 6.07) is 20.4. The number of hydrogen-bond acceptors (Lipinski definition) is 2. The van der Waals surface area contributed by atoms with Crippen molar-refractivity contribution in [2.24, 2.45) is 0 Å². The zero-order valence-electron chi connectivity index (χ0n) is 13.0. The highest BCUT2D eigenvalue weighted by molar-refractivity contribution is 5.42. The second-order valence-corrected chi connectivity index (χ2v) is 6.56. The third-order valence-corrected chi connectivity index (χ3v) is 5.16. The molecule has 0 saturated carbocycles. The highest BCUT2D eigenvalue weighted by atomic mass is 15.2. The van der Waals surface area contributed by atoms with Gasteiger partial charge in [0.1, 0.15) is 0 Å². The number of benzene rings is 2. The van der Waals surface area contributed by atoms with Crippen LogP contribution >= 0.6 is 0 Å². The molecule has 0 radical (unpaired) electrons. The molecule has 0 aliphatic carbocycles. The molecule has 114 valence electrons. The Bertz CT molecular complexity index is 617. The Hall–Kier alpha value is -1.64. The molecule has 22 heavy (non-hydrogen) atoms. The number of likely N-dealkylation sites (tertiary alicyclic amines) is 1. The van der Waals surface area contributed by atoms with Gasteiger partial charge in [0.2, 0.25) is 0 Å². The minimum absolute atomic E-state index is 0.479. The predicted molar refractivity (Wildman–Crippen MR) is 91.1 cm³/mol. The van der Waals surface area contributed by atoms with Crippen molar-refractivity contribution in [1.29, 1.82) is 0 Å². The molecule has 2 aliphatic rings. The normalized spacial score (nSPS) is 25.1. The topological polar surface area (TPSA) is 15.3 Å². The van der Waals surface area contributed by atoms with Crippen molar-refractivity contribution in [2.45, 2.75) is 24.8 Å². The molecule has 2 heteroatoms. The van der Waals surface area contributed by atoms with Crippen LogP contribution in [-0.4, -0.2) is 31.1 Å². The van der Waals surface area contributed by atoms with E-state index in [9.17, 15) is 0 Å². The average molecular weight is 292 g/mol. The molecule has 0 bridgehead atoms. The molecule has 0 aromatic heterocycles. The lowest BCUT2D eigenvalue weighted by Crippen LogP contribution is -2.40. The molecule has 2 aromatic rings. The van der Waals surface area contributed by atoms with E-state index in [1.807, 2.05) is 0 Å². The van der Waals surface area contributed by atoms with Crippen LogP contribution in [-0.2, 0) is 0 Å². The minimum Gasteiger partial charge on any atom is -0.308 e. The van der Waals surface area contributed by atoms with Crippen LogP contribution in [0.2, 0.25) is 0 Å². The number of nitrogens with zero attached hydrogens (tertiary/aromatic N) is 1. The standard InChI is InChI=1S/C20H24N2/c1-2-8-16(9-3-1)19-14-21-20(15-22-12-6-7-13-22)18-11-5-4-10-17(18)19/h1-5,8-11,19-21H,6-7,12-15H2. The largest absolute Gasteiger partial charge is 0.308 e. The molecule has 2 unspecified atom stereocenters. The number of rotatable bonds is 3. The van der Waals surface area contributed by atoms with E-state index in [0.717, 1.165) is 13.1 Å². The second-order valence-electron chi connectivity index (χ2n) is 6.56. The maximum atomic E-state index is 3.81. The third-order valence-electron chi connectivity index (χ3n) is 5.16. The van der Waals surface area contributed by atoms with Gasteiger partial charge in [0.25, 0.3) is 0 Å². The van der Waals surface area contributed by atoms with E-state index in [1.54, 1.807) is 0 Å². The first kappa shape index (κ1) is 14.0. The van der Waals surface area contributed by atoms with Gasteiger partial charge in [-0.15, -0.1) is 0 Å². The lowest BCUT2D eigenvalue weighted by molar-refractivity contribution is 0.284.